The van der Waals surface area contributed by atoms with E-state index >= 15 is 0 Å². The Labute approximate surface area is 131 Å². The molecule has 2 aromatic rings. The van der Waals surface area contributed by atoms with Gasteiger partial charge in [0.05, 0.1) is 0 Å². The molecule has 116 valence electrons. The number of aryl methyl sites for hydroxylation is 2. The summed E-state index contributed by atoms with van der Waals surface area (Å²) in [5.74, 6) is 0.446. The maximum absolute atomic E-state index is 12.0. The highest BCUT2D eigenvalue weighted by Gasteiger charge is 2.08. The van der Waals surface area contributed by atoms with Gasteiger partial charge in [-0.25, -0.2) is 9.97 Å². The number of benzene rings is 1. The molecule has 0 saturated carbocycles. The number of nitrogens with zero attached hydrogens (tertiary/aromatic N) is 2. The highest BCUT2D eigenvalue weighted by molar-refractivity contribution is 5.92. The van der Waals surface area contributed by atoms with Gasteiger partial charge < -0.3 is 10.6 Å². The maximum Gasteiger partial charge on any atom is 0.270 e. The molecule has 0 aliphatic rings. The first-order chi connectivity index (χ1) is 10.6. The molecule has 0 radical (unpaired) electrons. The van der Waals surface area contributed by atoms with E-state index in [-0.39, 0.29) is 5.91 Å². The second-order valence-corrected chi connectivity index (χ2v) is 5.34. The zero-order valence-electron chi connectivity index (χ0n) is 13.3. The molecular weight excluding hydrogens is 276 g/mol. The summed E-state index contributed by atoms with van der Waals surface area (Å²) in [7, 11) is 0. The summed E-state index contributed by atoms with van der Waals surface area (Å²) in [5.41, 5.74) is 3.69. The number of unbranched alkanes of at least 4 members (excludes halogenated alkanes) is 1. The average Bonchev–Trinajstić information content (AvgIpc) is 2.50. The minimum Gasteiger partial charge on any atom is -0.351 e. The van der Waals surface area contributed by atoms with Crippen LogP contribution in [-0.2, 0) is 0 Å². The van der Waals surface area contributed by atoms with Crippen LogP contribution in [0.2, 0.25) is 0 Å². The number of rotatable bonds is 6. The summed E-state index contributed by atoms with van der Waals surface area (Å²) in [4.78, 5) is 20.2. The summed E-state index contributed by atoms with van der Waals surface area (Å²) in [5, 5.41) is 6.08. The summed E-state index contributed by atoms with van der Waals surface area (Å²) in [6.45, 7) is 6.84. The van der Waals surface area contributed by atoms with E-state index in [1.807, 2.05) is 19.1 Å². The van der Waals surface area contributed by atoms with Gasteiger partial charge in [0.1, 0.15) is 17.8 Å². The van der Waals surface area contributed by atoms with Crippen molar-refractivity contribution in [2.45, 2.75) is 33.6 Å². The molecule has 0 spiro atoms. The largest absolute Gasteiger partial charge is 0.351 e. The van der Waals surface area contributed by atoms with Gasteiger partial charge in [-0.15, -0.1) is 0 Å². The second kappa shape index (κ2) is 7.54. The van der Waals surface area contributed by atoms with Crippen molar-refractivity contribution >= 4 is 17.4 Å². The maximum atomic E-state index is 12.0. The topological polar surface area (TPSA) is 66.9 Å². The molecule has 0 bridgehead atoms. The van der Waals surface area contributed by atoms with Crippen LogP contribution in [0.4, 0.5) is 11.5 Å². The first-order valence-corrected chi connectivity index (χ1v) is 7.54. The van der Waals surface area contributed by atoms with Gasteiger partial charge in [0.15, 0.2) is 0 Å². The Kier molecular flexibility index (Phi) is 5.47. The van der Waals surface area contributed by atoms with Crippen LogP contribution in [0.3, 0.4) is 0 Å². The van der Waals surface area contributed by atoms with Gasteiger partial charge >= 0.3 is 0 Å². The third-order valence-electron chi connectivity index (χ3n) is 3.36. The van der Waals surface area contributed by atoms with Gasteiger partial charge in [0.2, 0.25) is 0 Å². The van der Waals surface area contributed by atoms with Crippen molar-refractivity contribution in [3.05, 3.63) is 47.4 Å². The van der Waals surface area contributed by atoms with E-state index < -0.39 is 0 Å². The lowest BCUT2D eigenvalue weighted by atomic mass is 10.1. The van der Waals surface area contributed by atoms with Crippen LogP contribution in [0.25, 0.3) is 0 Å². The van der Waals surface area contributed by atoms with Crippen LogP contribution in [0.5, 0.6) is 0 Å². The molecule has 1 aromatic carbocycles. The Morgan fingerprint density at radius 1 is 1.18 bits per heavy atom. The lowest BCUT2D eigenvalue weighted by Gasteiger charge is -2.10. The quantitative estimate of drug-likeness (QED) is 0.802. The summed E-state index contributed by atoms with van der Waals surface area (Å²) in [6.07, 6.45) is 3.41. The van der Waals surface area contributed by atoms with Crippen LogP contribution in [0.15, 0.2) is 30.6 Å². The monoisotopic (exact) mass is 298 g/mol. The SMILES string of the molecule is CCCCNC(=O)c1cc(Nc2ccc(C)cc2C)ncn1. The average molecular weight is 298 g/mol. The van der Waals surface area contributed by atoms with Gasteiger partial charge in [-0.05, 0) is 31.9 Å². The van der Waals surface area contributed by atoms with Gasteiger partial charge in [0.25, 0.3) is 5.91 Å². The number of carbonyl (C=O) groups is 1. The number of hydrogen-bond acceptors (Lipinski definition) is 4. The van der Waals surface area contributed by atoms with Crippen LogP contribution >= 0.6 is 0 Å². The Bertz CT molecular complexity index is 655. The highest BCUT2D eigenvalue weighted by Crippen LogP contribution is 2.20. The van der Waals surface area contributed by atoms with E-state index in [1.54, 1.807) is 6.07 Å². The number of amides is 1. The molecule has 22 heavy (non-hydrogen) atoms. The molecule has 0 unspecified atom stereocenters. The molecule has 0 saturated heterocycles. The van der Waals surface area contributed by atoms with Crippen LogP contribution in [0.1, 0.15) is 41.4 Å². The first kappa shape index (κ1) is 15.9. The molecule has 1 aromatic heterocycles. The number of nitrogens with one attached hydrogen (secondary N) is 2. The molecule has 2 rings (SSSR count). The van der Waals surface area contributed by atoms with E-state index in [0.29, 0.717) is 18.1 Å². The smallest absolute Gasteiger partial charge is 0.270 e. The predicted molar refractivity (Wildman–Crippen MR) is 88.5 cm³/mol. The van der Waals surface area contributed by atoms with Gasteiger partial charge in [-0.1, -0.05) is 31.0 Å². The zero-order chi connectivity index (χ0) is 15.9. The van der Waals surface area contributed by atoms with E-state index in [2.05, 4.69) is 40.5 Å². The lowest BCUT2D eigenvalue weighted by molar-refractivity contribution is 0.0948. The van der Waals surface area contributed by atoms with Crippen molar-refractivity contribution in [3.63, 3.8) is 0 Å². The van der Waals surface area contributed by atoms with Gasteiger partial charge in [-0.2, -0.15) is 0 Å². The third kappa shape index (κ3) is 4.28. The minimum atomic E-state index is -0.167. The Morgan fingerprint density at radius 3 is 2.73 bits per heavy atom. The zero-order valence-corrected chi connectivity index (χ0v) is 13.3. The Morgan fingerprint density at radius 2 is 2.00 bits per heavy atom. The fourth-order valence-electron chi connectivity index (χ4n) is 2.11. The van der Waals surface area contributed by atoms with Crippen LogP contribution in [0, 0.1) is 13.8 Å². The summed E-state index contributed by atoms with van der Waals surface area (Å²) >= 11 is 0. The summed E-state index contributed by atoms with van der Waals surface area (Å²) in [6, 6.07) is 7.81. The van der Waals surface area contributed by atoms with Gasteiger partial charge in [-0.3, -0.25) is 4.79 Å². The number of aromatic nitrogens is 2. The van der Waals surface area contributed by atoms with E-state index in [0.717, 1.165) is 24.1 Å². The molecule has 5 nitrogen and oxygen atoms in total. The number of hydrogen-bond donors (Lipinski definition) is 2. The molecule has 1 heterocycles. The molecule has 0 fully saturated rings. The molecular formula is C17H22N4O. The van der Waals surface area contributed by atoms with Gasteiger partial charge in [0, 0.05) is 18.3 Å². The van der Waals surface area contributed by atoms with Crippen LogP contribution < -0.4 is 10.6 Å². The van der Waals surface area contributed by atoms with Crippen molar-refractivity contribution in [2.75, 3.05) is 11.9 Å². The third-order valence-corrected chi connectivity index (χ3v) is 3.36. The van der Waals surface area contributed by atoms with Crippen molar-refractivity contribution in [1.29, 1.82) is 0 Å². The molecule has 1 amide bonds. The standard InChI is InChI=1S/C17H22N4O/c1-4-5-8-18-17(22)15-10-16(20-11-19-15)21-14-7-6-12(2)9-13(14)3/h6-7,9-11H,4-5,8H2,1-3H3,(H,18,22)(H,19,20,21). The second-order valence-electron chi connectivity index (χ2n) is 5.34. The highest BCUT2D eigenvalue weighted by atomic mass is 16.1. The predicted octanol–water partition coefficient (Wildman–Crippen LogP) is 3.37. The molecule has 0 aliphatic carbocycles. The van der Waals surface area contributed by atoms with Crippen molar-refractivity contribution in [3.8, 4) is 0 Å². The normalized spacial score (nSPS) is 10.3. The Balaban J connectivity index is 2.09. The first-order valence-electron chi connectivity index (χ1n) is 7.54. The number of carbonyl (C=O) groups excluding carboxylic acids is 1. The lowest BCUT2D eigenvalue weighted by Crippen LogP contribution is -2.25. The minimum absolute atomic E-state index is 0.167. The fourth-order valence-corrected chi connectivity index (χ4v) is 2.11. The Hall–Kier alpha value is -2.43. The van der Waals surface area contributed by atoms with Crippen molar-refractivity contribution in [1.82, 2.24) is 15.3 Å². The van der Waals surface area contributed by atoms with Crippen LogP contribution in [-0.4, -0.2) is 22.4 Å². The molecule has 0 atom stereocenters. The molecule has 2 N–H and O–H groups in total. The van der Waals surface area contributed by atoms with Crippen molar-refractivity contribution < 1.29 is 4.79 Å². The van der Waals surface area contributed by atoms with E-state index in [9.17, 15) is 4.79 Å². The van der Waals surface area contributed by atoms with E-state index in [1.165, 1.54) is 11.9 Å². The molecule has 0 aliphatic heterocycles. The number of anilines is 2. The van der Waals surface area contributed by atoms with E-state index in [4.69, 9.17) is 0 Å². The fraction of sp³-hybridized carbons (Fsp3) is 0.353. The summed E-state index contributed by atoms with van der Waals surface area (Å²) < 4.78 is 0. The molecule has 5 heteroatoms. The van der Waals surface area contributed by atoms with Crippen molar-refractivity contribution in [2.24, 2.45) is 0 Å².